The minimum atomic E-state index is -0.434. The van der Waals surface area contributed by atoms with Crippen LogP contribution < -0.4 is 5.73 Å². The second-order valence-electron chi connectivity index (χ2n) is 4.16. The number of oxazole rings is 1. The maximum atomic E-state index is 13.2. The number of benzene rings is 2. The maximum absolute atomic E-state index is 13.2. The first-order valence-corrected chi connectivity index (χ1v) is 6.10. The molecule has 0 unspecified atom stereocenters. The van der Waals surface area contributed by atoms with Crippen LogP contribution in [0.5, 0.6) is 0 Å². The highest BCUT2D eigenvalue weighted by molar-refractivity contribution is 6.34. The standard InChI is InChI=1S/C14H10ClFN2O/c15-11-5-10(16)6-12-13(11)19-14(18-12)9-3-1-8(7-17)2-4-9/h1-6H,7,17H2. The number of aromatic nitrogens is 1. The molecule has 2 N–H and O–H groups in total. The smallest absolute Gasteiger partial charge is 0.227 e. The van der Waals surface area contributed by atoms with Crippen molar-refractivity contribution in [3.05, 3.63) is 52.8 Å². The van der Waals surface area contributed by atoms with Gasteiger partial charge in [0.2, 0.25) is 5.89 Å². The van der Waals surface area contributed by atoms with Gasteiger partial charge in [-0.05, 0) is 23.8 Å². The molecular weight excluding hydrogens is 267 g/mol. The molecule has 96 valence electrons. The Balaban J connectivity index is 2.12. The highest BCUT2D eigenvalue weighted by Gasteiger charge is 2.12. The summed E-state index contributed by atoms with van der Waals surface area (Å²) in [5.74, 6) is -0.0260. The van der Waals surface area contributed by atoms with Crippen molar-refractivity contribution in [2.45, 2.75) is 6.54 Å². The molecule has 3 rings (SSSR count). The zero-order valence-corrected chi connectivity index (χ0v) is 10.6. The fourth-order valence-electron chi connectivity index (χ4n) is 1.87. The number of fused-ring (bicyclic) bond motifs is 1. The molecule has 19 heavy (non-hydrogen) atoms. The van der Waals surface area contributed by atoms with Crippen LogP contribution in [0.25, 0.3) is 22.6 Å². The summed E-state index contributed by atoms with van der Waals surface area (Å²) >= 11 is 5.92. The lowest BCUT2D eigenvalue weighted by molar-refractivity contribution is 0.614. The van der Waals surface area contributed by atoms with E-state index in [1.165, 1.54) is 12.1 Å². The van der Waals surface area contributed by atoms with Crippen molar-refractivity contribution < 1.29 is 8.81 Å². The molecular formula is C14H10ClFN2O. The summed E-state index contributed by atoms with van der Waals surface area (Å²) in [5.41, 5.74) is 8.15. The molecule has 3 aromatic rings. The number of hydrogen-bond acceptors (Lipinski definition) is 3. The van der Waals surface area contributed by atoms with Gasteiger partial charge in [0, 0.05) is 18.2 Å². The van der Waals surface area contributed by atoms with E-state index in [2.05, 4.69) is 4.98 Å². The van der Waals surface area contributed by atoms with Crippen LogP contribution in [0.3, 0.4) is 0 Å². The highest BCUT2D eigenvalue weighted by atomic mass is 35.5. The molecule has 0 radical (unpaired) electrons. The first-order chi connectivity index (χ1) is 9.17. The Labute approximate surface area is 113 Å². The lowest BCUT2D eigenvalue weighted by Gasteiger charge is -1.97. The first-order valence-electron chi connectivity index (χ1n) is 5.72. The number of halogens is 2. The lowest BCUT2D eigenvalue weighted by atomic mass is 10.1. The molecule has 0 bridgehead atoms. The van der Waals surface area contributed by atoms with E-state index >= 15 is 0 Å². The van der Waals surface area contributed by atoms with E-state index in [9.17, 15) is 4.39 Å². The van der Waals surface area contributed by atoms with Crippen molar-refractivity contribution in [3.63, 3.8) is 0 Å². The van der Waals surface area contributed by atoms with Crippen molar-refractivity contribution in [2.75, 3.05) is 0 Å². The van der Waals surface area contributed by atoms with Crippen molar-refractivity contribution in [1.82, 2.24) is 4.98 Å². The van der Waals surface area contributed by atoms with Crippen LogP contribution in [0.4, 0.5) is 4.39 Å². The SMILES string of the molecule is NCc1ccc(-c2nc3cc(F)cc(Cl)c3o2)cc1. The van der Waals surface area contributed by atoms with E-state index in [4.69, 9.17) is 21.8 Å². The van der Waals surface area contributed by atoms with Gasteiger partial charge in [0.15, 0.2) is 5.58 Å². The topological polar surface area (TPSA) is 52.0 Å². The van der Waals surface area contributed by atoms with Crippen molar-refractivity contribution in [1.29, 1.82) is 0 Å². The van der Waals surface area contributed by atoms with Gasteiger partial charge in [-0.3, -0.25) is 0 Å². The van der Waals surface area contributed by atoms with Crippen molar-refractivity contribution >= 4 is 22.7 Å². The van der Waals surface area contributed by atoms with Gasteiger partial charge in [-0.15, -0.1) is 0 Å². The third kappa shape index (κ3) is 2.20. The Morgan fingerprint density at radius 2 is 1.95 bits per heavy atom. The molecule has 0 saturated carbocycles. The predicted octanol–water partition coefficient (Wildman–Crippen LogP) is 3.75. The van der Waals surface area contributed by atoms with Crippen molar-refractivity contribution in [2.24, 2.45) is 5.73 Å². The number of nitrogens with zero attached hydrogens (tertiary/aromatic N) is 1. The van der Waals surface area contributed by atoms with E-state index in [0.717, 1.165) is 11.1 Å². The Morgan fingerprint density at radius 3 is 2.63 bits per heavy atom. The quantitative estimate of drug-likeness (QED) is 0.775. The van der Waals surface area contributed by atoms with E-state index in [0.29, 0.717) is 23.5 Å². The van der Waals surface area contributed by atoms with Gasteiger partial charge < -0.3 is 10.2 Å². The van der Waals surface area contributed by atoms with Crippen LogP contribution >= 0.6 is 11.6 Å². The summed E-state index contributed by atoms with van der Waals surface area (Å²) in [6, 6.07) is 10.0. The second-order valence-corrected chi connectivity index (χ2v) is 4.56. The fraction of sp³-hybridized carbons (Fsp3) is 0.0714. The third-order valence-electron chi connectivity index (χ3n) is 2.85. The van der Waals surface area contributed by atoms with Gasteiger partial charge >= 0.3 is 0 Å². The van der Waals surface area contributed by atoms with Crippen LogP contribution in [0.1, 0.15) is 5.56 Å². The third-order valence-corrected chi connectivity index (χ3v) is 3.13. The fourth-order valence-corrected chi connectivity index (χ4v) is 2.11. The van der Waals surface area contributed by atoms with Crippen LogP contribution in [-0.2, 0) is 6.54 Å². The Kier molecular flexibility index (Phi) is 2.97. The van der Waals surface area contributed by atoms with Gasteiger partial charge in [0.1, 0.15) is 11.3 Å². The van der Waals surface area contributed by atoms with Crippen LogP contribution in [-0.4, -0.2) is 4.98 Å². The molecule has 0 spiro atoms. The maximum Gasteiger partial charge on any atom is 0.227 e. The van der Waals surface area contributed by atoms with E-state index < -0.39 is 5.82 Å². The van der Waals surface area contributed by atoms with Gasteiger partial charge in [-0.1, -0.05) is 23.7 Å². The Hall–Kier alpha value is -1.91. The molecule has 1 heterocycles. The van der Waals surface area contributed by atoms with Gasteiger partial charge in [0.25, 0.3) is 0 Å². The summed E-state index contributed by atoms with van der Waals surface area (Å²) < 4.78 is 18.8. The number of hydrogen-bond donors (Lipinski definition) is 1. The zero-order chi connectivity index (χ0) is 13.4. The largest absolute Gasteiger partial charge is 0.435 e. The summed E-state index contributed by atoms with van der Waals surface area (Å²) in [4.78, 5) is 4.24. The molecule has 0 aliphatic rings. The summed E-state index contributed by atoms with van der Waals surface area (Å²) in [7, 11) is 0. The molecule has 0 amide bonds. The van der Waals surface area contributed by atoms with E-state index in [-0.39, 0.29) is 5.02 Å². The Morgan fingerprint density at radius 1 is 1.21 bits per heavy atom. The van der Waals surface area contributed by atoms with Gasteiger partial charge in [0.05, 0.1) is 5.02 Å². The average Bonchev–Trinajstić information content (AvgIpc) is 2.83. The minimum Gasteiger partial charge on any atom is -0.435 e. The summed E-state index contributed by atoms with van der Waals surface area (Å²) in [6.07, 6.45) is 0. The average molecular weight is 277 g/mol. The minimum absolute atomic E-state index is 0.215. The molecule has 2 aromatic carbocycles. The summed E-state index contributed by atoms with van der Waals surface area (Å²) in [5, 5.41) is 0.215. The number of nitrogens with two attached hydrogens (primary N) is 1. The van der Waals surface area contributed by atoms with Crippen LogP contribution in [0.15, 0.2) is 40.8 Å². The summed E-state index contributed by atoms with van der Waals surface area (Å²) in [6.45, 7) is 0.477. The normalized spacial score (nSPS) is 11.1. The number of rotatable bonds is 2. The van der Waals surface area contributed by atoms with E-state index in [1.54, 1.807) is 0 Å². The molecule has 0 fully saturated rings. The molecule has 0 aliphatic carbocycles. The van der Waals surface area contributed by atoms with Crippen molar-refractivity contribution in [3.8, 4) is 11.5 Å². The molecule has 0 atom stereocenters. The first kappa shape index (κ1) is 12.1. The van der Waals surface area contributed by atoms with Gasteiger partial charge in [-0.2, -0.15) is 0 Å². The Bertz CT molecular complexity index is 737. The van der Waals surface area contributed by atoms with Gasteiger partial charge in [-0.25, -0.2) is 9.37 Å². The highest BCUT2D eigenvalue weighted by Crippen LogP contribution is 2.30. The molecule has 5 heteroatoms. The second kappa shape index (κ2) is 4.64. The van der Waals surface area contributed by atoms with E-state index in [1.807, 2.05) is 24.3 Å². The predicted molar refractivity (Wildman–Crippen MR) is 72.3 cm³/mol. The lowest BCUT2D eigenvalue weighted by Crippen LogP contribution is -1.95. The van der Waals surface area contributed by atoms with Crippen LogP contribution in [0, 0.1) is 5.82 Å². The monoisotopic (exact) mass is 276 g/mol. The van der Waals surface area contributed by atoms with Crippen LogP contribution in [0.2, 0.25) is 5.02 Å². The zero-order valence-electron chi connectivity index (χ0n) is 9.86. The molecule has 1 aromatic heterocycles. The molecule has 0 saturated heterocycles. The molecule has 0 aliphatic heterocycles. The molecule has 3 nitrogen and oxygen atoms in total.